The molecule has 0 unspecified atom stereocenters. The highest BCUT2D eigenvalue weighted by Crippen LogP contribution is 2.48. The monoisotopic (exact) mass is 246 g/mol. The minimum absolute atomic E-state index is 0.241. The molecule has 1 aliphatic rings. The van der Waals surface area contributed by atoms with E-state index in [0.29, 0.717) is 12.8 Å². The van der Waals surface area contributed by atoms with Gasteiger partial charge in [0.05, 0.1) is 7.11 Å². The molecule has 0 N–H and O–H groups in total. The molecular weight excluding hydrogens is 236 g/mol. The van der Waals surface area contributed by atoms with E-state index in [2.05, 4.69) is 4.74 Å². The van der Waals surface area contributed by atoms with Gasteiger partial charge in [0.2, 0.25) is 9.84 Å². The van der Waals surface area contributed by atoms with Gasteiger partial charge in [0, 0.05) is 0 Å². The van der Waals surface area contributed by atoms with Gasteiger partial charge in [-0.1, -0.05) is 6.07 Å². The van der Waals surface area contributed by atoms with Crippen molar-refractivity contribution >= 4 is 27.1 Å². The average molecular weight is 246 g/mol. The molecule has 6 heteroatoms. The molecule has 0 spiro atoms. The highest BCUT2D eigenvalue weighted by molar-refractivity contribution is 7.95. The van der Waals surface area contributed by atoms with Crippen molar-refractivity contribution in [2.24, 2.45) is 0 Å². The molecular formula is C9H10O4S2. The van der Waals surface area contributed by atoms with Gasteiger partial charge in [0.1, 0.15) is 4.21 Å². The molecule has 15 heavy (non-hydrogen) atoms. The predicted octanol–water partition coefficient (Wildman–Crippen LogP) is 1.23. The van der Waals surface area contributed by atoms with Crippen LogP contribution in [0.4, 0.5) is 0 Å². The fourth-order valence-electron chi connectivity index (χ4n) is 1.49. The Bertz CT molecular complexity index is 468. The van der Waals surface area contributed by atoms with E-state index in [-0.39, 0.29) is 4.21 Å². The molecule has 1 aliphatic carbocycles. The van der Waals surface area contributed by atoms with Gasteiger partial charge in [0.25, 0.3) is 0 Å². The summed E-state index contributed by atoms with van der Waals surface area (Å²) in [5.74, 6) is -0.643. The number of esters is 1. The Labute approximate surface area is 91.8 Å². The number of methoxy groups -OCH3 is 1. The molecule has 1 heterocycles. The fraction of sp³-hybridized carbons (Fsp3) is 0.444. The predicted molar refractivity (Wildman–Crippen MR) is 55.5 cm³/mol. The van der Waals surface area contributed by atoms with E-state index in [1.807, 2.05) is 0 Å². The fourth-order valence-corrected chi connectivity index (χ4v) is 4.68. The van der Waals surface area contributed by atoms with Crippen LogP contribution in [-0.2, 0) is 19.4 Å². The van der Waals surface area contributed by atoms with Crippen molar-refractivity contribution in [3.8, 4) is 0 Å². The summed E-state index contributed by atoms with van der Waals surface area (Å²) in [7, 11) is -2.34. The van der Waals surface area contributed by atoms with Gasteiger partial charge >= 0.3 is 5.97 Å². The first-order valence-electron chi connectivity index (χ1n) is 4.41. The summed E-state index contributed by atoms with van der Waals surface area (Å²) in [5, 5.41) is 1.68. The van der Waals surface area contributed by atoms with E-state index in [4.69, 9.17) is 0 Å². The summed E-state index contributed by atoms with van der Waals surface area (Å²) in [5.41, 5.74) is 0. The molecule has 0 atom stereocenters. The third-order valence-corrected chi connectivity index (χ3v) is 6.41. The van der Waals surface area contributed by atoms with Crippen LogP contribution in [0.15, 0.2) is 21.7 Å². The largest absolute Gasteiger partial charge is 0.468 e. The van der Waals surface area contributed by atoms with Crippen LogP contribution >= 0.6 is 11.3 Å². The summed E-state index contributed by atoms with van der Waals surface area (Å²) in [4.78, 5) is 11.4. The van der Waals surface area contributed by atoms with Gasteiger partial charge in [-0.2, -0.15) is 0 Å². The third-order valence-electron chi connectivity index (χ3n) is 2.54. The van der Waals surface area contributed by atoms with E-state index in [0.717, 1.165) is 11.3 Å². The Morgan fingerprint density at radius 3 is 2.60 bits per heavy atom. The highest BCUT2D eigenvalue weighted by Gasteiger charge is 2.62. The van der Waals surface area contributed by atoms with Crippen molar-refractivity contribution in [2.45, 2.75) is 21.8 Å². The van der Waals surface area contributed by atoms with Crippen molar-refractivity contribution in [3.63, 3.8) is 0 Å². The summed E-state index contributed by atoms with van der Waals surface area (Å²) in [6.07, 6.45) is 0.722. The molecule has 1 fully saturated rings. The van der Waals surface area contributed by atoms with Crippen LogP contribution in [-0.4, -0.2) is 26.2 Å². The van der Waals surface area contributed by atoms with Gasteiger partial charge < -0.3 is 4.74 Å². The van der Waals surface area contributed by atoms with Crippen molar-refractivity contribution in [2.75, 3.05) is 7.11 Å². The van der Waals surface area contributed by atoms with Crippen molar-refractivity contribution in [3.05, 3.63) is 17.5 Å². The molecule has 1 aromatic heterocycles. The summed E-state index contributed by atoms with van der Waals surface area (Å²) in [6, 6.07) is 3.17. The minimum atomic E-state index is -3.55. The van der Waals surface area contributed by atoms with Crippen LogP contribution in [0.2, 0.25) is 0 Å². The lowest BCUT2D eigenvalue weighted by Gasteiger charge is -2.11. The summed E-state index contributed by atoms with van der Waals surface area (Å²) in [6.45, 7) is 0. The van der Waals surface area contributed by atoms with Crippen LogP contribution in [0.1, 0.15) is 12.8 Å². The second kappa shape index (κ2) is 3.31. The molecule has 0 saturated heterocycles. The molecule has 1 saturated carbocycles. The Hall–Kier alpha value is -0.880. The Morgan fingerprint density at radius 2 is 2.20 bits per heavy atom. The smallest absolute Gasteiger partial charge is 0.327 e. The van der Waals surface area contributed by atoms with E-state index in [1.165, 1.54) is 13.2 Å². The quantitative estimate of drug-likeness (QED) is 0.753. The first-order chi connectivity index (χ1) is 7.04. The van der Waals surface area contributed by atoms with Crippen LogP contribution < -0.4 is 0 Å². The summed E-state index contributed by atoms with van der Waals surface area (Å²) < 4.78 is 27.7. The van der Waals surface area contributed by atoms with Crippen LogP contribution in [0.25, 0.3) is 0 Å². The Balaban J connectivity index is 2.44. The molecule has 0 aromatic carbocycles. The van der Waals surface area contributed by atoms with Gasteiger partial charge in [-0.05, 0) is 24.3 Å². The maximum atomic E-state index is 12.1. The van der Waals surface area contributed by atoms with E-state index >= 15 is 0 Å². The van der Waals surface area contributed by atoms with E-state index in [1.54, 1.807) is 11.4 Å². The van der Waals surface area contributed by atoms with Crippen LogP contribution in [0.5, 0.6) is 0 Å². The number of carbonyl (C=O) groups is 1. The van der Waals surface area contributed by atoms with Crippen molar-refractivity contribution in [1.29, 1.82) is 0 Å². The van der Waals surface area contributed by atoms with Crippen LogP contribution in [0, 0.1) is 0 Å². The summed E-state index contributed by atoms with van der Waals surface area (Å²) >= 11 is 1.13. The van der Waals surface area contributed by atoms with Gasteiger partial charge in [-0.25, -0.2) is 8.42 Å². The maximum absolute atomic E-state index is 12.1. The molecule has 2 rings (SSSR count). The average Bonchev–Trinajstić information content (AvgIpc) is 2.85. The maximum Gasteiger partial charge on any atom is 0.327 e. The number of hydrogen-bond donors (Lipinski definition) is 0. The highest BCUT2D eigenvalue weighted by atomic mass is 32.2. The van der Waals surface area contributed by atoms with Gasteiger partial charge in [-0.15, -0.1) is 11.3 Å². The van der Waals surface area contributed by atoms with E-state index < -0.39 is 20.6 Å². The molecule has 82 valence electrons. The molecule has 0 radical (unpaired) electrons. The normalized spacial score (nSPS) is 18.5. The molecule has 4 nitrogen and oxygen atoms in total. The third kappa shape index (κ3) is 1.39. The lowest BCUT2D eigenvalue weighted by molar-refractivity contribution is -0.140. The molecule has 0 aliphatic heterocycles. The number of sulfone groups is 1. The van der Waals surface area contributed by atoms with E-state index in [9.17, 15) is 13.2 Å². The lowest BCUT2D eigenvalue weighted by Crippen LogP contribution is -2.33. The Kier molecular flexibility index (Phi) is 2.35. The molecule has 0 amide bonds. The first-order valence-corrected chi connectivity index (χ1v) is 6.77. The standard InChI is InChI=1S/C9H10O4S2/c1-13-8(10)9(4-5-9)15(11,12)7-3-2-6-14-7/h2-3,6H,4-5H2,1H3. The van der Waals surface area contributed by atoms with Gasteiger partial charge in [0.15, 0.2) is 4.75 Å². The number of rotatable bonds is 3. The zero-order valence-corrected chi connectivity index (χ0v) is 9.73. The minimum Gasteiger partial charge on any atom is -0.468 e. The number of hydrogen-bond acceptors (Lipinski definition) is 5. The lowest BCUT2D eigenvalue weighted by atomic mass is 10.4. The molecule has 0 bridgehead atoms. The SMILES string of the molecule is COC(=O)C1(S(=O)(=O)c2cccs2)CC1. The number of thiophene rings is 1. The van der Waals surface area contributed by atoms with Gasteiger partial charge in [-0.3, -0.25) is 4.79 Å². The number of ether oxygens (including phenoxy) is 1. The second-order valence-electron chi connectivity index (χ2n) is 3.42. The topological polar surface area (TPSA) is 60.4 Å². The van der Waals surface area contributed by atoms with Crippen molar-refractivity contribution < 1.29 is 17.9 Å². The molecule has 1 aromatic rings. The second-order valence-corrected chi connectivity index (χ2v) is 6.86. The zero-order chi connectivity index (χ0) is 11.1. The zero-order valence-electron chi connectivity index (χ0n) is 8.10. The first kappa shape index (κ1) is 10.6. The van der Waals surface area contributed by atoms with Crippen molar-refractivity contribution in [1.82, 2.24) is 0 Å². The van der Waals surface area contributed by atoms with Crippen LogP contribution in [0.3, 0.4) is 0 Å². The number of carbonyl (C=O) groups excluding carboxylic acids is 1. The Morgan fingerprint density at radius 1 is 1.53 bits per heavy atom.